The van der Waals surface area contributed by atoms with Crippen LogP contribution in [-0.2, 0) is 12.0 Å². The van der Waals surface area contributed by atoms with E-state index in [1.165, 1.54) is 30.2 Å². The third-order valence-electron chi connectivity index (χ3n) is 4.09. The summed E-state index contributed by atoms with van der Waals surface area (Å²) in [6, 6.07) is 4.43. The van der Waals surface area contributed by atoms with Gasteiger partial charge in [0.15, 0.2) is 16.8 Å². The second-order valence-corrected chi connectivity index (χ2v) is 7.07. The molecule has 1 amide bonds. The first-order chi connectivity index (χ1) is 11.9. The van der Waals surface area contributed by atoms with Gasteiger partial charge in [-0.25, -0.2) is 9.37 Å². The molecule has 1 aromatic heterocycles. The van der Waals surface area contributed by atoms with Crippen LogP contribution in [0.2, 0.25) is 0 Å². The smallest absolute Gasteiger partial charge is 0.277 e. The van der Waals surface area contributed by atoms with Gasteiger partial charge >= 0.3 is 0 Å². The Morgan fingerprint density at radius 1 is 1.52 bits per heavy atom. The SMILES string of the molecule is CCc1nc(C(=O)Nc2ccc(F)c([C@]3(C)CCSC(N)=N3)c2)co1. The van der Waals surface area contributed by atoms with Gasteiger partial charge in [-0.05, 0) is 31.5 Å². The number of hydrogen-bond acceptors (Lipinski definition) is 6. The molecule has 0 fully saturated rings. The number of benzene rings is 1. The first-order valence-electron chi connectivity index (χ1n) is 7.95. The summed E-state index contributed by atoms with van der Waals surface area (Å²) in [5, 5.41) is 3.16. The number of aromatic nitrogens is 1. The maximum Gasteiger partial charge on any atom is 0.277 e. The summed E-state index contributed by atoms with van der Waals surface area (Å²) in [6.07, 6.45) is 2.57. The van der Waals surface area contributed by atoms with Gasteiger partial charge < -0.3 is 15.5 Å². The summed E-state index contributed by atoms with van der Waals surface area (Å²) in [6.45, 7) is 3.73. The molecule has 1 aliphatic heterocycles. The maximum atomic E-state index is 14.4. The minimum atomic E-state index is -0.747. The molecule has 2 aromatic rings. The van der Waals surface area contributed by atoms with Crippen molar-refractivity contribution in [2.75, 3.05) is 11.1 Å². The molecule has 1 aromatic carbocycles. The largest absolute Gasteiger partial charge is 0.448 e. The highest BCUT2D eigenvalue weighted by Crippen LogP contribution is 2.37. The molecular formula is C17H19FN4O2S. The number of thioether (sulfide) groups is 1. The van der Waals surface area contributed by atoms with Gasteiger partial charge in [0.05, 0.1) is 5.54 Å². The number of nitrogens with zero attached hydrogens (tertiary/aromatic N) is 2. The van der Waals surface area contributed by atoms with Gasteiger partial charge in [-0.15, -0.1) is 0 Å². The molecule has 2 heterocycles. The number of rotatable bonds is 4. The Morgan fingerprint density at radius 3 is 3.00 bits per heavy atom. The van der Waals surface area contributed by atoms with Crippen LogP contribution in [0, 0.1) is 5.82 Å². The van der Waals surface area contributed by atoms with Crippen LogP contribution in [0.5, 0.6) is 0 Å². The number of amides is 1. The van der Waals surface area contributed by atoms with Crippen molar-refractivity contribution in [3.8, 4) is 0 Å². The summed E-state index contributed by atoms with van der Waals surface area (Å²) in [5.74, 6) is 0.467. The number of nitrogens with one attached hydrogen (secondary N) is 1. The van der Waals surface area contributed by atoms with E-state index < -0.39 is 11.4 Å². The van der Waals surface area contributed by atoms with Crippen LogP contribution in [-0.4, -0.2) is 21.8 Å². The molecule has 6 nitrogen and oxygen atoms in total. The number of aliphatic imine (C=N–C) groups is 1. The Balaban J connectivity index is 1.86. The van der Waals surface area contributed by atoms with E-state index in [-0.39, 0.29) is 11.5 Å². The highest BCUT2D eigenvalue weighted by Gasteiger charge is 2.32. The zero-order valence-electron chi connectivity index (χ0n) is 14.0. The van der Waals surface area contributed by atoms with Crippen molar-refractivity contribution in [3.63, 3.8) is 0 Å². The standard InChI is InChI=1S/C17H19FN4O2S/c1-3-14-21-13(9-24-14)15(23)20-10-4-5-12(18)11(8-10)17(2)6-7-25-16(19)22-17/h4-5,8-9H,3,6-7H2,1-2H3,(H2,19,22)(H,20,23)/t17-/m0/s1. The fraction of sp³-hybridized carbons (Fsp3) is 0.353. The minimum absolute atomic E-state index is 0.185. The number of aryl methyl sites for hydroxylation is 1. The number of amidine groups is 1. The fourth-order valence-electron chi connectivity index (χ4n) is 2.67. The van der Waals surface area contributed by atoms with Crippen molar-refractivity contribution in [1.29, 1.82) is 0 Å². The zero-order chi connectivity index (χ0) is 18.0. The highest BCUT2D eigenvalue weighted by atomic mass is 32.2. The lowest BCUT2D eigenvalue weighted by Crippen LogP contribution is -2.29. The number of oxazole rings is 1. The van der Waals surface area contributed by atoms with Crippen LogP contribution < -0.4 is 11.1 Å². The number of halogens is 1. The number of carbonyl (C=O) groups excluding carboxylic acids is 1. The van der Waals surface area contributed by atoms with Crippen LogP contribution >= 0.6 is 11.8 Å². The van der Waals surface area contributed by atoms with Gasteiger partial charge in [-0.2, -0.15) is 0 Å². The van der Waals surface area contributed by atoms with Crippen molar-refractivity contribution in [2.45, 2.75) is 32.2 Å². The van der Waals surface area contributed by atoms with E-state index in [0.29, 0.717) is 35.2 Å². The topological polar surface area (TPSA) is 93.5 Å². The van der Waals surface area contributed by atoms with Gasteiger partial charge in [0.2, 0.25) is 0 Å². The van der Waals surface area contributed by atoms with E-state index in [1.54, 1.807) is 6.07 Å². The van der Waals surface area contributed by atoms with Crippen LogP contribution in [0.3, 0.4) is 0 Å². The molecule has 0 spiro atoms. The van der Waals surface area contributed by atoms with Crippen LogP contribution in [0.4, 0.5) is 10.1 Å². The van der Waals surface area contributed by atoms with Gasteiger partial charge in [0.25, 0.3) is 5.91 Å². The third-order valence-corrected chi connectivity index (χ3v) is 4.88. The second-order valence-electron chi connectivity index (χ2n) is 5.95. The predicted molar refractivity (Wildman–Crippen MR) is 96.3 cm³/mol. The summed E-state index contributed by atoms with van der Waals surface area (Å²) in [7, 11) is 0. The van der Waals surface area contributed by atoms with Crippen molar-refractivity contribution in [2.24, 2.45) is 10.7 Å². The fourth-order valence-corrected chi connectivity index (χ4v) is 3.64. The lowest BCUT2D eigenvalue weighted by molar-refractivity contribution is 0.102. The second kappa shape index (κ2) is 6.87. The lowest BCUT2D eigenvalue weighted by atomic mass is 9.89. The molecule has 1 atom stereocenters. The third kappa shape index (κ3) is 3.68. The molecule has 8 heteroatoms. The van der Waals surface area contributed by atoms with E-state index in [1.807, 2.05) is 13.8 Å². The highest BCUT2D eigenvalue weighted by molar-refractivity contribution is 8.13. The van der Waals surface area contributed by atoms with Crippen LogP contribution in [0.15, 0.2) is 33.9 Å². The normalized spacial score (nSPS) is 20.2. The Morgan fingerprint density at radius 2 is 2.32 bits per heavy atom. The molecule has 0 radical (unpaired) electrons. The molecule has 0 aliphatic carbocycles. The Labute approximate surface area is 149 Å². The molecule has 1 aliphatic rings. The summed E-state index contributed by atoms with van der Waals surface area (Å²) >= 11 is 1.45. The first-order valence-corrected chi connectivity index (χ1v) is 8.94. The molecular weight excluding hydrogens is 343 g/mol. The molecule has 0 unspecified atom stereocenters. The van der Waals surface area contributed by atoms with Gasteiger partial charge in [-0.3, -0.25) is 9.79 Å². The Bertz CT molecular complexity index is 836. The molecule has 3 rings (SSSR count). The van der Waals surface area contributed by atoms with Crippen molar-refractivity contribution >= 4 is 28.5 Å². The van der Waals surface area contributed by atoms with Crippen LogP contribution in [0.25, 0.3) is 0 Å². The predicted octanol–water partition coefficient (Wildman–Crippen LogP) is 3.30. The van der Waals surface area contributed by atoms with Gasteiger partial charge in [0, 0.05) is 23.4 Å². The number of hydrogen-bond donors (Lipinski definition) is 2. The van der Waals surface area contributed by atoms with E-state index in [9.17, 15) is 9.18 Å². The summed E-state index contributed by atoms with van der Waals surface area (Å²) in [4.78, 5) is 20.8. The monoisotopic (exact) mass is 362 g/mol. The molecule has 0 saturated heterocycles. The van der Waals surface area contributed by atoms with Crippen molar-refractivity contribution in [1.82, 2.24) is 4.98 Å². The first kappa shape index (κ1) is 17.5. The molecule has 0 saturated carbocycles. The van der Waals surface area contributed by atoms with Crippen molar-refractivity contribution < 1.29 is 13.6 Å². The van der Waals surface area contributed by atoms with E-state index >= 15 is 0 Å². The quantitative estimate of drug-likeness (QED) is 0.870. The minimum Gasteiger partial charge on any atom is -0.448 e. The van der Waals surface area contributed by atoms with E-state index in [2.05, 4.69) is 15.3 Å². The maximum absolute atomic E-state index is 14.4. The summed E-state index contributed by atoms with van der Waals surface area (Å²) < 4.78 is 19.6. The van der Waals surface area contributed by atoms with Crippen LogP contribution in [0.1, 0.15) is 42.2 Å². The number of anilines is 1. The summed E-state index contributed by atoms with van der Waals surface area (Å²) in [5.41, 5.74) is 6.12. The average Bonchev–Trinajstić information content (AvgIpc) is 3.05. The van der Waals surface area contributed by atoms with Gasteiger partial charge in [-0.1, -0.05) is 18.7 Å². The number of nitrogens with two attached hydrogens (primary N) is 1. The van der Waals surface area contributed by atoms with Crippen molar-refractivity contribution in [3.05, 3.63) is 47.4 Å². The molecule has 3 N–H and O–H groups in total. The average molecular weight is 362 g/mol. The molecule has 0 bridgehead atoms. The number of carbonyl (C=O) groups is 1. The van der Waals surface area contributed by atoms with E-state index in [4.69, 9.17) is 10.2 Å². The zero-order valence-corrected chi connectivity index (χ0v) is 14.8. The Kier molecular flexibility index (Phi) is 4.80. The lowest BCUT2D eigenvalue weighted by Gasteiger charge is -2.30. The molecule has 25 heavy (non-hydrogen) atoms. The van der Waals surface area contributed by atoms with E-state index in [0.717, 1.165) is 5.75 Å². The molecule has 132 valence electrons. The van der Waals surface area contributed by atoms with Gasteiger partial charge in [0.1, 0.15) is 12.1 Å². The Hall–Kier alpha value is -2.35.